The van der Waals surface area contributed by atoms with Gasteiger partial charge in [-0.05, 0) is 43.2 Å². The molecule has 0 aliphatic rings. The largest absolute Gasteiger partial charge is 0.496 e. The molecule has 0 amide bonds. The van der Waals surface area contributed by atoms with Gasteiger partial charge >= 0.3 is 5.97 Å². The number of carbonyl (C=O) groups excluding carboxylic acids is 1. The van der Waals surface area contributed by atoms with Gasteiger partial charge in [0.1, 0.15) is 12.4 Å². The molecule has 0 saturated heterocycles. The molecule has 0 spiro atoms. The Kier molecular flexibility index (Phi) is 5.95. The number of methoxy groups -OCH3 is 2. The fraction of sp³-hybridized carbons (Fsp3) is 0.263. The van der Waals surface area contributed by atoms with Crippen LogP contribution < -0.4 is 4.74 Å². The standard InChI is InChI=1S/C19H21NO4/c1-13(2)20-24-12-17-16(6-5-7-18(17)22-3)14-8-10-15(11-9-14)19(21)23-4/h5-11H,12H2,1-4H3. The van der Waals surface area contributed by atoms with E-state index in [1.54, 1.807) is 19.2 Å². The van der Waals surface area contributed by atoms with E-state index in [2.05, 4.69) is 5.16 Å². The van der Waals surface area contributed by atoms with Crippen molar-refractivity contribution in [3.05, 3.63) is 53.6 Å². The zero-order chi connectivity index (χ0) is 17.5. The first-order chi connectivity index (χ1) is 11.6. The predicted octanol–water partition coefficient (Wildman–Crippen LogP) is 4.06. The van der Waals surface area contributed by atoms with Crippen LogP contribution in [0.5, 0.6) is 5.75 Å². The van der Waals surface area contributed by atoms with Crippen molar-refractivity contribution in [3.8, 4) is 16.9 Å². The average Bonchev–Trinajstić information content (AvgIpc) is 2.61. The number of carbonyl (C=O) groups is 1. The van der Waals surface area contributed by atoms with Crippen molar-refractivity contribution in [1.82, 2.24) is 0 Å². The summed E-state index contributed by atoms with van der Waals surface area (Å²) >= 11 is 0. The maximum Gasteiger partial charge on any atom is 0.337 e. The van der Waals surface area contributed by atoms with Crippen molar-refractivity contribution in [2.24, 2.45) is 5.16 Å². The second kappa shape index (κ2) is 8.15. The third-order valence-electron chi connectivity index (χ3n) is 3.43. The van der Waals surface area contributed by atoms with Crippen LogP contribution >= 0.6 is 0 Å². The summed E-state index contributed by atoms with van der Waals surface area (Å²) in [7, 11) is 2.99. The summed E-state index contributed by atoms with van der Waals surface area (Å²) in [6.45, 7) is 4.03. The SMILES string of the molecule is COC(=O)c1ccc(-c2cccc(OC)c2CON=C(C)C)cc1. The molecule has 0 heterocycles. The summed E-state index contributed by atoms with van der Waals surface area (Å²) in [5.74, 6) is 0.372. The number of oxime groups is 1. The minimum Gasteiger partial charge on any atom is -0.496 e. The molecule has 0 unspecified atom stereocenters. The maximum atomic E-state index is 11.6. The molecule has 0 aromatic heterocycles. The first kappa shape index (κ1) is 17.5. The molecular weight excluding hydrogens is 306 g/mol. The van der Waals surface area contributed by atoms with Gasteiger partial charge in [0.15, 0.2) is 0 Å². The van der Waals surface area contributed by atoms with E-state index >= 15 is 0 Å². The molecule has 0 radical (unpaired) electrons. The second-order valence-corrected chi connectivity index (χ2v) is 5.37. The molecule has 5 heteroatoms. The van der Waals surface area contributed by atoms with E-state index < -0.39 is 0 Å². The van der Waals surface area contributed by atoms with Gasteiger partial charge in [-0.3, -0.25) is 0 Å². The van der Waals surface area contributed by atoms with Crippen LogP contribution in [0.4, 0.5) is 0 Å². The number of esters is 1. The van der Waals surface area contributed by atoms with Crippen LogP contribution in [0.15, 0.2) is 47.6 Å². The maximum absolute atomic E-state index is 11.6. The van der Waals surface area contributed by atoms with Crippen molar-refractivity contribution in [2.75, 3.05) is 14.2 Å². The van der Waals surface area contributed by atoms with Gasteiger partial charge in [0.25, 0.3) is 0 Å². The van der Waals surface area contributed by atoms with Gasteiger partial charge in [-0.1, -0.05) is 29.4 Å². The molecule has 0 fully saturated rings. The van der Waals surface area contributed by atoms with Crippen LogP contribution in [-0.2, 0) is 16.2 Å². The summed E-state index contributed by atoms with van der Waals surface area (Å²) in [5, 5.41) is 3.98. The molecule has 2 aromatic carbocycles. The molecule has 0 saturated carbocycles. The minimum atomic E-state index is -0.358. The molecule has 2 aromatic rings. The Morgan fingerprint density at radius 2 is 1.75 bits per heavy atom. The molecule has 5 nitrogen and oxygen atoms in total. The molecule has 24 heavy (non-hydrogen) atoms. The fourth-order valence-electron chi connectivity index (χ4n) is 2.31. The third-order valence-corrected chi connectivity index (χ3v) is 3.43. The van der Waals surface area contributed by atoms with E-state index in [0.717, 1.165) is 28.2 Å². The van der Waals surface area contributed by atoms with Gasteiger partial charge in [0.05, 0.1) is 25.5 Å². The molecular formula is C19H21NO4. The molecule has 0 atom stereocenters. The monoisotopic (exact) mass is 327 g/mol. The smallest absolute Gasteiger partial charge is 0.337 e. The third kappa shape index (κ3) is 4.13. The van der Waals surface area contributed by atoms with E-state index in [-0.39, 0.29) is 5.97 Å². The Bertz CT molecular complexity index is 732. The summed E-state index contributed by atoms with van der Waals surface area (Å²) in [5.41, 5.74) is 4.17. The first-order valence-corrected chi connectivity index (χ1v) is 7.54. The summed E-state index contributed by atoms with van der Waals surface area (Å²) in [6, 6.07) is 13.0. The number of hydrogen-bond donors (Lipinski definition) is 0. The van der Waals surface area contributed by atoms with Crippen LogP contribution in [0.1, 0.15) is 29.8 Å². The Balaban J connectivity index is 2.38. The lowest BCUT2D eigenvalue weighted by Gasteiger charge is -2.13. The highest BCUT2D eigenvalue weighted by molar-refractivity contribution is 5.90. The fourth-order valence-corrected chi connectivity index (χ4v) is 2.31. The summed E-state index contributed by atoms with van der Waals surface area (Å²) in [6.07, 6.45) is 0. The average molecular weight is 327 g/mol. The highest BCUT2D eigenvalue weighted by atomic mass is 16.6. The van der Waals surface area contributed by atoms with Gasteiger partial charge < -0.3 is 14.3 Å². The topological polar surface area (TPSA) is 57.1 Å². The number of rotatable bonds is 6. The second-order valence-electron chi connectivity index (χ2n) is 5.37. The van der Waals surface area contributed by atoms with Gasteiger partial charge in [-0.25, -0.2) is 4.79 Å². The Labute approximate surface area is 141 Å². The first-order valence-electron chi connectivity index (χ1n) is 7.54. The number of benzene rings is 2. The van der Waals surface area contributed by atoms with E-state index in [0.29, 0.717) is 12.2 Å². The summed E-state index contributed by atoms with van der Waals surface area (Å²) in [4.78, 5) is 17.0. The Morgan fingerprint density at radius 1 is 1.04 bits per heavy atom. The lowest BCUT2D eigenvalue weighted by Crippen LogP contribution is -2.01. The van der Waals surface area contributed by atoms with Crippen LogP contribution in [0.25, 0.3) is 11.1 Å². The van der Waals surface area contributed by atoms with E-state index in [1.165, 1.54) is 7.11 Å². The number of nitrogens with zero attached hydrogens (tertiary/aromatic N) is 1. The Hall–Kier alpha value is -2.82. The zero-order valence-electron chi connectivity index (χ0n) is 14.3. The zero-order valence-corrected chi connectivity index (χ0v) is 14.3. The molecule has 0 aliphatic carbocycles. The molecule has 0 N–H and O–H groups in total. The van der Waals surface area contributed by atoms with Crippen LogP contribution in [-0.4, -0.2) is 25.9 Å². The number of ether oxygens (including phenoxy) is 2. The van der Waals surface area contributed by atoms with Gasteiger partial charge in [-0.15, -0.1) is 0 Å². The van der Waals surface area contributed by atoms with Crippen molar-refractivity contribution in [3.63, 3.8) is 0 Å². The summed E-state index contributed by atoms with van der Waals surface area (Å²) < 4.78 is 10.2. The highest BCUT2D eigenvalue weighted by Crippen LogP contribution is 2.31. The Morgan fingerprint density at radius 3 is 2.33 bits per heavy atom. The predicted molar refractivity (Wildman–Crippen MR) is 93.3 cm³/mol. The van der Waals surface area contributed by atoms with E-state index in [9.17, 15) is 4.79 Å². The lowest BCUT2D eigenvalue weighted by atomic mass is 9.98. The van der Waals surface area contributed by atoms with Gasteiger partial charge in [-0.2, -0.15) is 0 Å². The quantitative estimate of drug-likeness (QED) is 0.456. The molecule has 0 bridgehead atoms. The highest BCUT2D eigenvalue weighted by Gasteiger charge is 2.13. The van der Waals surface area contributed by atoms with E-state index in [4.69, 9.17) is 14.3 Å². The van der Waals surface area contributed by atoms with Crippen LogP contribution in [0.2, 0.25) is 0 Å². The van der Waals surface area contributed by atoms with Crippen LogP contribution in [0.3, 0.4) is 0 Å². The molecule has 2 rings (SSSR count). The van der Waals surface area contributed by atoms with Crippen molar-refractivity contribution >= 4 is 11.7 Å². The van der Waals surface area contributed by atoms with Gasteiger partial charge in [0.2, 0.25) is 0 Å². The van der Waals surface area contributed by atoms with Gasteiger partial charge in [0, 0.05) is 5.56 Å². The van der Waals surface area contributed by atoms with Crippen molar-refractivity contribution in [1.29, 1.82) is 0 Å². The number of hydrogen-bond acceptors (Lipinski definition) is 5. The molecule has 0 aliphatic heterocycles. The van der Waals surface area contributed by atoms with E-state index in [1.807, 2.05) is 44.2 Å². The van der Waals surface area contributed by atoms with Crippen molar-refractivity contribution < 1.29 is 19.1 Å². The van der Waals surface area contributed by atoms with Crippen LogP contribution in [0, 0.1) is 0 Å². The molecule has 126 valence electrons. The normalized spacial score (nSPS) is 10.0. The van der Waals surface area contributed by atoms with Crippen molar-refractivity contribution in [2.45, 2.75) is 20.5 Å². The lowest BCUT2D eigenvalue weighted by molar-refractivity contribution is 0.0601. The minimum absolute atomic E-state index is 0.295.